The quantitative estimate of drug-likeness (QED) is 0.430. The maximum Gasteiger partial charge on any atom is 0.0923 e. The fraction of sp³-hybridized carbons (Fsp3) is 1.00. The third-order valence-electron chi connectivity index (χ3n) is 1.90. The average Bonchev–Trinajstić information content (AvgIpc) is 1.92. The molecule has 0 aromatic carbocycles. The molecule has 1 heterocycles. The zero-order chi connectivity index (χ0) is 7.40. The minimum Gasteiger partial charge on any atom is -0.390 e. The molecule has 0 aromatic rings. The van der Waals surface area contributed by atoms with E-state index in [0.717, 1.165) is 25.8 Å². The van der Waals surface area contributed by atoms with Crippen molar-refractivity contribution in [3.05, 3.63) is 0 Å². The van der Waals surface area contributed by atoms with E-state index in [9.17, 15) is 10.2 Å². The summed E-state index contributed by atoms with van der Waals surface area (Å²) in [6, 6.07) is 0. The molecule has 1 aliphatic rings. The number of hydrogen-bond donors (Lipinski definition) is 3. The van der Waals surface area contributed by atoms with Crippen molar-refractivity contribution in [1.82, 2.24) is 5.32 Å². The Morgan fingerprint density at radius 2 is 1.90 bits per heavy atom. The molecular weight excluding hydrogens is 130 g/mol. The van der Waals surface area contributed by atoms with Crippen molar-refractivity contribution in [2.75, 3.05) is 13.1 Å². The minimum atomic E-state index is -0.569. The van der Waals surface area contributed by atoms with Gasteiger partial charge in [-0.15, -0.1) is 0 Å². The van der Waals surface area contributed by atoms with Gasteiger partial charge in [-0.2, -0.15) is 0 Å². The molecule has 0 saturated carbocycles. The predicted molar refractivity (Wildman–Crippen MR) is 38.7 cm³/mol. The lowest BCUT2D eigenvalue weighted by Crippen LogP contribution is -2.38. The van der Waals surface area contributed by atoms with Gasteiger partial charge in [0.1, 0.15) is 0 Å². The highest BCUT2D eigenvalue weighted by atomic mass is 16.3. The van der Waals surface area contributed by atoms with Crippen LogP contribution in [-0.2, 0) is 0 Å². The zero-order valence-corrected chi connectivity index (χ0v) is 6.08. The molecule has 3 heteroatoms. The monoisotopic (exact) mass is 145 g/mol. The van der Waals surface area contributed by atoms with E-state index in [1.807, 2.05) is 0 Å². The van der Waals surface area contributed by atoms with Gasteiger partial charge in [0.25, 0.3) is 0 Å². The van der Waals surface area contributed by atoms with Gasteiger partial charge in [0.15, 0.2) is 0 Å². The Balaban J connectivity index is 2.28. The van der Waals surface area contributed by atoms with Gasteiger partial charge in [0.2, 0.25) is 0 Å². The van der Waals surface area contributed by atoms with Crippen LogP contribution in [0.15, 0.2) is 0 Å². The standard InChI is InChI=1S/C7H15NO2/c9-6-3-1-2-4-8-5-7(6)10/h6-10H,1-5H2/t6-,7+/m1/s1. The second-order valence-electron chi connectivity index (χ2n) is 2.83. The number of β-amino-alcohol motifs (C(OH)–C–C–N with tert-alkyl or cyclic N) is 1. The highest BCUT2D eigenvalue weighted by molar-refractivity contribution is 4.72. The first-order valence-electron chi connectivity index (χ1n) is 3.87. The van der Waals surface area contributed by atoms with E-state index in [0.29, 0.717) is 6.54 Å². The molecule has 0 radical (unpaired) electrons. The molecule has 0 bridgehead atoms. The first-order chi connectivity index (χ1) is 4.80. The summed E-state index contributed by atoms with van der Waals surface area (Å²) in [5.41, 5.74) is 0. The summed E-state index contributed by atoms with van der Waals surface area (Å²) >= 11 is 0. The van der Waals surface area contributed by atoms with E-state index in [1.54, 1.807) is 0 Å². The van der Waals surface area contributed by atoms with Crippen molar-refractivity contribution >= 4 is 0 Å². The lowest BCUT2D eigenvalue weighted by atomic mass is 10.0. The van der Waals surface area contributed by atoms with Crippen molar-refractivity contribution < 1.29 is 10.2 Å². The second kappa shape index (κ2) is 3.91. The van der Waals surface area contributed by atoms with Crippen LogP contribution in [0, 0.1) is 0 Å². The Bertz CT molecular complexity index is 85.6. The summed E-state index contributed by atoms with van der Waals surface area (Å²) in [7, 11) is 0. The Morgan fingerprint density at radius 1 is 1.10 bits per heavy atom. The van der Waals surface area contributed by atoms with Gasteiger partial charge in [-0.1, -0.05) is 0 Å². The zero-order valence-electron chi connectivity index (χ0n) is 6.08. The lowest BCUT2D eigenvalue weighted by Gasteiger charge is -2.20. The summed E-state index contributed by atoms with van der Waals surface area (Å²) in [4.78, 5) is 0. The van der Waals surface area contributed by atoms with Gasteiger partial charge in [-0.3, -0.25) is 0 Å². The molecule has 1 saturated heterocycles. The average molecular weight is 145 g/mol. The van der Waals surface area contributed by atoms with Crippen LogP contribution < -0.4 is 5.32 Å². The van der Waals surface area contributed by atoms with Crippen molar-refractivity contribution in [2.45, 2.75) is 31.5 Å². The van der Waals surface area contributed by atoms with E-state index in [4.69, 9.17) is 0 Å². The van der Waals surface area contributed by atoms with Gasteiger partial charge in [-0.05, 0) is 25.8 Å². The topological polar surface area (TPSA) is 52.5 Å². The molecule has 0 unspecified atom stereocenters. The first-order valence-corrected chi connectivity index (χ1v) is 3.87. The molecule has 0 spiro atoms. The van der Waals surface area contributed by atoms with Crippen LogP contribution in [0.2, 0.25) is 0 Å². The Labute approximate surface area is 61.1 Å². The molecule has 3 nitrogen and oxygen atoms in total. The molecule has 1 fully saturated rings. The summed E-state index contributed by atoms with van der Waals surface area (Å²) in [6.45, 7) is 1.49. The van der Waals surface area contributed by atoms with Gasteiger partial charge in [-0.25, -0.2) is 0 Å². The van der Waals surface area contributed by atoms with Crippen LogP contribution in [0.4, 0.5) is 0 Å². The molecule has 3 N–H and O–H groups in total. The molecule has 2 atom stereocenters. The van der Waals surface area contributed by atoms with E-state index in [1.165, 1.54) is 0 Å². The van der Waals surface area contributed by atoms with Gasteiger partial charge in [0.05, 0.1) is 12.2 Å². The third kappa shape index (κ3) is 2.25. The summed E-state index contributed by atoms with van der Waals surface area (Å²) in [6.07, 6.45) is 1.76. The maximum absolute atomic E-state index is 9.19. The Hall–Kier alpha value is -0.120. The van der Waals surface area contributed by atoms with Crippen molar-refractivity contribution in [1.29, 1.82) is 0 Å². The van der Waals surface area contributed by atoms with Crippen LogP contribution in [0.5, 0.6) is 0 Å². The normalized spacial score (nSPS) is 36.6. The van der Waals surface area contributed by atoms with Crippen LogP contribution in [0.1, 0.15) is 19.3 Å². The van der Waals surface area contributed by atoms with E-state index in [2.05, 4.69) is 5.32 Å². The van der Waals surface area contributed by atoms with E-state index >= 15 is 0 Å². The largest absolute Gasteiger partial charge is 0.390 e. The lowest BCUT2D eigenvalue weighted by molar-refractivity contribution is 0.0101. The summed E-state index contributed by atoms with van der Waals surface area (Å²) in [5.74, 6) is 0. The molecular formula is C7H15NO2. The molecule has 10 heavy (non-hydrogen) atoms. The first kappa shape index (κ1) is 7.98. The van der Waals surface area contributed by atoms with Crippen LogP contribution in [0.25, 0.3) is 0 Å². The van der Waals surface area contributed by atoms with Crippen LogP contribution in [-0.4, -0.2) is 35.5 Å². The highest BCUT2D eigenvalue weighted by Gasteiger charge is 2.16. The van der Waals surface area contributed by atoms with Crippen molar-refractivity contribution in [3.8, 4) is 0 Å². The molecule has 1 aliphatic heterocycles. The van der Waals surface area contributed by atoms with Crippen molar-refractivity contribution in [3.63, 3.8) is 0 Å². The predicted octanol–water partition coefficient (Wildman–Crippen LogP) is -0.518. The molecule has 60 valence electrons. The number of hydrogen-bond acceptors (Lipinski definition) is 3. The van der Waals surface area contributed by atoms with Crippen LogP contribution >= 0.6 is 0 Å². The van der Waals surface area contributed by atoms with Gasteiger partial charge < -0.3 is 15.5 Å². The fourth-order valence-electron chi connectivity index (χ4n) is 1.18. The Kier molecular flexibility index (Phi) is 3.12. The van der Waals surface area contributed by atoms with Crippen LogP contribution in [0.3, 0.4) is 0 Å². The smallest absolute Gasteiger partial charge is 0.0923 e. The number of nitrogens with one attached hydrogen (secondary N) is 1. The molecule has 0 amide bonds. The van der Waals surface area contributed by atoms with Gasteiger partial charge >= 0.3 is 0 Å². The maximum atomic E-state index is 9.19. The minimum absolute atomic E-state index is 0.521. The number of aliphatic hydroxyl groups excluding tert-OH is 2. The molecule has 0 aromatic heterocycles. The fourth-order valence-corrected chi connectivity index (χ4v) is 1.18. The third-order valence-corrected chi connectivity index (χ3v) is 1.90. The Morgan fingerprint density at radius 3 is 2.70 bits per heavy atom. The summed E-state index contributed by atoms with van der Waals surface area (Å²) < 4.78 is 0. The summed E-state index contributed by atoms with van der Waals surface area (Å²) in [5, 5.41) is 21.4. The highest BCUT2D eigenvalue weighted by Crippen LogP contribution is 2.06. The molecule has 1 rings (SSSR count). The van der Waals surface area contributed by atoms with E-state index in [-0.39, 0.29) is 0 Å². The number of rotatable bonds is 0. The van der Waals surface area contributed by atoms with Crippen molar-refractivity contribution in [2.24, 2.45) is 0 Å². The molecule has 0 aliphatic carbocycles. The number of aliphatic hydroxyl groups is 2. The van der Waals surface area contributed by atoms with Gasteiger partial charge in [0, 0.05) is 6.54 Å². The second-order valence-corrected chi connectivity index (χ2v) is 2.83. The SMILES string of the molecule is O[C@@H]1CCCCNC[C@@H]1O. The van der Waals surface area contributed by atoms with E-state index < -0.39 is 12.2 Å².